The van der Waals surface area contributed by atoms with E-state index in [1.54, 1.807) is 18.2 Å². The summed E-state index contributed by atoms with van der Waals surface area (Å²) in [7, 11) is 0. The topological polar surface area (TPSA) is 71.5 Å². The third-order valence-electron chi connectivity index (χ3n) is 3.83. The molecule has 1 aromatic heterocycles. The molecule has 2 atom stereocenters. The van der Waals surface area contributed by atoms with Gasteiger partial charge in [0.25, 0.3) is 5.91 Å². The van der Waals surface area contributed by atoms with Gasteiger partial charge in [0.1, 0.15) is 23.6 Å². The quantitative estimate of drug-likeness (QED) is 0.847. The molecule has 3 rings (SSSR count). The standard InChI is InChI=1S/C17H17ClN2O3/c1-2-11-7-10(8-15(18)19-11)17(22)20-13-9-23-14-6-4-3-5-12(14)16(13)21/h3-8,13,16,21H,2,9H2,1H3,(H,20,22). The van der Waals surface area contributed by atoms with Gasteiger partial charge in [0, 0.05) is 16.8 Å². The molecule has 0 spiro atoms. The fraction of sp³-hybridized carbons (Fsp3) is 0.294. The monoisotopic (exact) mass is 332 g/mol. The Kier molecular flexibility index (Phi) is 4.50. The van der Waals surface area contributed by atoms with Crippen LogP contribution in [0.4, 0.5) is 0 Å². The summed E-state index contributed by atoms with van der Waals surface area (Å²) in [6.07, 6.45) is -0.129. The lowest BCUT2D eigenvalue weighted by atomic mass is 9.99. The van der Waals surface area contributed by atoms with Crippen molar-refractivity contribution < 1.29 is 14.6 Å². The second kappa shape index (κ2) is 6.56. The number of aliphatic hydroxyl groups excluding tert-OH is 1. The third kappa shape index (κ3) is 3.30. The van der Waals surface area contributed by atoms with Gasteiger partial charge in [-0.3, -0.25) is 4.79 Å². The summed E-state index contributed by atoms with van der Waals surface area (Å²) in [5.41, 5.74) is 1.84. The second-order valence-electron chi connectivity index (χ2n) is 5.40. The zero-order valence-electron chi connectivity index (χ0n) is 12.6. The molecule has 2 N–H and O–H groups in total. The van der Waals surface area contributed by atoms with Gasteiger partial charge in [-0.15, -0.1) is 0 Å². The van der Waals surface area contributed by atoms with Crippen molar-refractivity contribution in [1.29, 1.82) is 0 Å². The lowest BCUT2D eigenvalue weighted by Crippen LogP contribution is -2.45. The molecular weight excluding hydrogens is 316 g/mol. The van der Waals surface area contributed by atoms with Crippen LogP contribution in [0.1, 0.15) is 34.6 Å². The van der Waals surface area contributed by atoms with Crippen LogP contribution in [0, 0.1) is 0 Å². The van der Waals surface area contributed by atoms with Gasteiger partial charge in [0.05, 0.1) is 6.04 Å². The molecule has 0 saturated heterocycles. The van der Waals surface area contributed by atoms with Crippen molar-refractivity contribution in [2.24, 2.45) is 0 Å². The number of hydrogen-bond donors (Lipinski definition) is 2. The first-order chi connectivity index (χ1) is 11.1. The molecule has 1 aliphatic rings. The Labute approximate surface area is 139 Å². The van der Waals surface area contributed by atoms with Gasteiger partial charge < -0.3 is 15.2 Å². The number of ether oxygens (including phenoxy) is 1. The van der Waals surface area contributed by atoms with Crippen LogP contribution in [0.25, 0.3) is 0 Å². The molecule has 6 heteroatoms. The van der Waals surface area contributed by atoms with Crippen molar-refractivity contribution in [2.45, 2.75) is 25.5 Å². The number of pyridine rings is 1. The fourth-order valence-electron chi connectivity index (χ4n) is 2.58. The average molecular weight is 333 g/mol. The Balaban J connectivity index is 1.77. The van der Waals surface area contributed by atoms with E-state index in [2.05, 4.69) is 10.3 Å². The highest BCUT2D eigenvalue weighted by Gasteiger charge is 2.30. The molecule has 1 amide bonds. The Bertz CT molecular complexity index is 736. The number of rotatable bonds is 3. The van der Waals surface area contributed by atoms with E-state index in [0.29, 0.717) is 23.3 Å². The van der Waals surface area contributed by atoms with E-state index in [1.165, 1.54) is 6.07 Å². The van der Waals surface area contributed by atoms with Crippen molar-refractivity contribution in [3.8, 4) is 5.75 Å². The summed E-state index contributed by atoms with van der Waals surface area (Å²) >= 11 is 5.95. The van der Waals surface area contributed by atoms with E-state index in [9.17, 15) is 9.90 Å². The number of carbonyl (C=O) groups excluding carboxylic acids is 1. The minimum absolute atomic E-state index is 0.212. The lowest BCUT2D eigenvalue weighted by Gasteiger charge is -2.30. The van der Waals surface area contributed by atoms with E-state index in [0.717, 1.165) is 5.69 Å². The van der Waals surface area contributed by atoms with E-state index in [1.807, 2.05) is 19.1 Å². The minimum Gasteiger partial charge on any atom is -0.491 e. The fourth-order valence-corrected chi connectivity index (χ4v) is 2.81. The average Bonchev–Trinajstić information content (AvgIpc) is 2.57. The van der Waals surface area contributed by atoms with Crippen LogP contribution >= 0.6 is 11.6 Å². The van der Waals surface area contributed by atoms with E-state index >= 15 is 0 Å². The number of carbonyl (C=O) groups is 1. The van der Waals surface area contributed by atoms with Gasteiger partial charge in [-0.1, -0.05) is 36.7 Å². The normalized spacial score (nSPS) is 19.6. The highest BCUT2D eigenvalue weighted by atomic mass is 35.5. The van der Waals surface area contributed by atoms with Gasteiger partial charge in [-0.25, -0.2) is 4.98 Å². The first-order valence-electron chi connectivity index (χ1n) is 7.45. The van der Waals surface area contributed by atoms with Crippen molar-refractivity contribution in [1.82, 2.24) is 10.3 Å². The van der Waals surface area contributed by atoms with Crippen molar-refractivity contribution >= 4 is 17.5 Å². The molecule has 0 radical (unpaired) electrons. The molecule has 2 heterocycles. The van der Waals surface area contributed by atoms with Crippen LogP contribution in [0.3, 0.4) is 0 Å². The van der Waals surface area contributed by atoms with Gasteiger partial charge >= 0.3 is 0 Å². The van der Waals surface area contributed by atoms with Crippen LogP contribution in [0.15, 0.2) is 36.4 Å². The summed E-state index contributed by atoms with van der Waals surface area (Å²) in [5.74, 6) is 0.335. The third-order valence-corrected chi connectivity index (χ3v) is 4.02. The van der Waals surface area contributed by atoms with Gasteiger partial charge in [0.15, 0.2) is 0 Å². The van der Waals surface area contributed by atoms with Crippen LogP contribution < -0.4 is 10.1 Å². The van der Waals surface area contributed by atoms with Crippen molar-refractivity contribution in [2.75, 3.05) is 6.61 Å². The smallest absolute Gasteiger partial charge is 0.251 e. The Morgan fingerprint density at radius 1 is 1.43 bits per heavy atom. The molecule has 0 aliphatic carbocycles. The summed E-state index contributed by atoms with van der Waals surface area (Å²) in [5, 5.41) is 13.5. The number of fused-ring (bicyclic) bond motifs is 1. The molecule has 0 fully saturated rings. The molecule has 0 bridgehead atoms. The van der Waals surface area contributed by atoms with Crippen LogP contribution in [-0.4, -0.2) is 28.6 Å². The zero-order valence-corrected chi connectivity index (χ0v) is 13.4. The van der Waals surface area contributed by atoms with E-state index in [-0.39, 0.29) is 17.7 Å². The Morgan fingerprint density at radius 3 is 3.00 bits per heavy atom. The Hall–Kier alpha value is -2.11. The summed E-state index contributed by atoms with van der Waals surface area (Å²) < 4.78 is 5.60. The molecule has 120 valence electrons. The largest absolute Gasteiger partial charge is 0.491 e. The molecular formula is C17H17ClN2O3. The van der Waals surface area contributed by atoms with Crippen molar-refractivity contribution in [3.63, 3.8) is 0 Å². The molecule has 2 unspecified atom stereocenters. The van der Waals surface area contributed by atoms with Crippen molar-refractivity contribution in [3.05, 3.63) is 58.4 Å². The molecule has 0 saturated carbocycles. The zero-order chi connectivity index (χ0) is 16.4. The van der Waals surface area contributed by atoms with Crippen LogP contribution in [0.5, 0.6) is 5.75 Å². The number of aromatic nitrogens is 1. The SMILES string of the molecule is CCc1cc(C(=O)NC2COc3ccccc3C2O)cc(Cl)n1. The van der Waals surface area contributed by atoms with Gasteiger partial charge in [-0.05, 0) is 24.6 Å². The van der Waals surface area contributed by atoms with E-state index in [4.69, 9.17) is 16.3 Å². The molecule has 1 aromatic carbocycles. The minimum atomic E-state index is -0.813. The second-order valence-corrected chi connectivity index (χ2v) is 5.78. The van der Waals surface area contributed by atoms with E-state index < -0.39 is 12.1 Å². The number of amides is 1. The summed E-state index contributed by atoms with van der Waals surface area (Å²) in [6, 6.07) is 9.95. The number of aliphatic hydroxyl groups is 1. The van der Waals surface area contributed by atoms with Crippen LogP contribution in [-0.2, 0) is 6.42 Å². The molecule has 23 heavy (non-hydrogen) atoms. The predicted octanol–water partition coefficient (Wildman–Crippen LogP) is 2.52. The number of halogens is 1. The number of nitrogens with zero attached hydrogens (tertiary/aromatic N) is 1. The summed E-state index contributed by atoms with van der Waals surface area (Å²) in [4.78, 5) is 16.6. The summed E-state index contributed by atoms with van der Waals surface area (Å²) in [6.45, 7) is 2.15. The van der Waals surface area contributed by atoms with Gasteiger partial charge in [0.2, 0.25) is 0 Å². The molecule has 2 aromatic rings. The number of hydrogen-bond acceptors (Lipinski definition) is 4. The first-order valence-corrected chi connectivity index (χ1v) is 7.83. The number of para-hydroxylation sites is 1. The maximum Gasteiger partial charge on any atom is 0.251 e. The predicted molar refractivity (Wildman–Crippen MR) is 86.8 cm³/mol. The molecule has 1 aliphatic heterocycles. The van der Waals surface area contributed by atoms with Crippen LogP contribution in [0.2, 0.25) is 5.15 Å². The first kappa shape index (κ1) is 15.8. The maximum atomic E-state index is 12.4. The van der Waals surface area contributed by atoms with Gasteiger partial charge in [-0.2, -0.15) is 0 Å². The number of nitrogens with one attached hydrogen (secondary N) is 1. The number of aryl methyl sites for hydroxylation is 1. The highest BCUT2D eigenvalue weighted by Crippen LogP contribution is 2.31. The molecule has 5 nitrogen and oxygen atoms in total. The maximum absolute atomic E-state index is 12.4. The Morgan fingerprint density at radius 2 is 2.22 bits per heavy atom. The lowest BCUT2D eigenvalue weighted by molar-refractivity contribution is 0.0617. The highest BCUT2D eigenvalue weighted by molar-refractivity contribution is 6.29. The number of benzene rings is 1.